The number of hydrogen-bond donors (Lipinski definition) is 0. The summed E-state index contributed by atoms with van der Waals surface area (Å²) in [6, 6.07) is 5.62. The lowest BCUT2D eigenvalue weighted by Gasteiger charge is -2.47. The predicted octanol–water partition coefficient (Wildman–Crippen LogP) is 1.45. The molecule has 8 heteroatoms. The number of amides is 2. The summed E-state index contributed by atoms with van der Waals surface area (Å²) in [6.07, 6.45) is 1.65. The SMILES string of the molecule is CC(=O)N1CCCC2(C1)CN(C(=O)c1ccc([N+](=O)[O-])cc1)CCO2. The standard InChI is InChI=1S/C17H21N3O5/c1-13(21)18-8-2-7-17(11-18)12-19(9-10-25-17)16(22)14-3-5-15(6-4-14)20(23)24/h3-6H,2,7-12H2,1H3. The fraction of sp³-hybridized carbons (Fsp3) is 0.529. The number of ether oxygens (including phenoxy) is 1. The Morgan fingerprint density at radius 3 is 2.48 bits per heavy atom. The summed E-state index contributed by atoms with van der Waals surface area (Å²) < 4.78 is 5.98. The lowest BCUT2D eigenvalue weighted by molar-refractivity contribution is -0.384. The minimum absolute atomic E-state index is 0.0153. The van der Waals surface area contributed by atoms with Crippen molar-refractivity contribution in [3.8, 4) is 0 Å². The largest absolute Gasteiger partial charge is 0.369 e. The maximum Gasteiger partial charge on any atom is 0.269 e. The van der Waals surface area contributed by atoms with Gasteiger partial charge >= 0.3 is 0 Å². The zero-order valence-electron chi connectivity index (χ0n) is 14.1. The molecule has 1 unspecified atom stereocenters. The average Bonchev–Trinajstić information content (AvgIpc) is 2.61. The van der Waals surface area contributed by atoms with E-state index in [2.05, 4.69) is 0 Å². The van der Waals surface area contributed by atoms with Crippen molar-refractivity contribution in [2.45, 2.75) is 25.4 Å². The molecule has 1 spiro atoms. The molecule has 8 nitrogen and oxygen atoms in total. The third kappa shape index (κ3) is 3.63. The molecule has 0 aromatic heterocycles. The van der Waals surface area contributed by atoms with E-state index in [1.807, 2.05) is 0 Å². The molecule has 2 amide bonds. The van der Waals surface area contributed by atoms with Gasteiger partial charge in [-0.1, -0.05) is 0 Å². The number of carbonyl (C=O) groups is 2. The fourth-order valence-electron chi connectivity index (χ4n) is 3.54. The van der Waals surface area contributed by atoms with Crippen LogP contribution in [0.2, 0.25) is 0 Å². The molecule has 0 radical (unpaired) electrons. The van der Waals surface area contributed by atoms with Gasteiger partial charge in [0.05, 0.1) is 24.6 Å². The van der Waals surface area contributed by atoms with Gasteiger partial charge in [0, 0.05) is 37.7 Å². The molecular formula is C17H21N3O5. The minimum Gasteiger partial charge on any atom is -0.369 e. The molecule has 2 aliphatic heterocycles. The number of non-ortho nitro benzene ring substituents is 1. The fourth-order valence-corrected chi connectivity index (χ4v) is 3.54. The van der Waals surface area contributed by atoms with Crippen LogP contribution in [0.3, 0.4) is 0 Å². The summed E-state index contributed by atoms with van der Waals surface area (Å²) in [4.78, 5) is 38.2. The Morgan fingerprint density at radius 2 is 1.84 bits per heavy atom. The van der Waals surface area contributed by atoms with E-state index in [-0.39, 0.29) is 17.5 Å². The number of morpholine rings is 1. The van der Waals surface area contributed by atoms with Crippen molar-refractivity contribution < 1.29 is 19.2 Å². The molecule has 2 aliphatic rings. The van der Waals surface area contributed by atoms with E-state index in [0.717, 1.165) is 19.4 Å². The van der Waals surface area contributed by atoms with Crippen LogP contribution in [-0.2, 0) is 9.53 Å². The van der Waals surface area contributed by atoms with Crippen molar-refractivity contribution in [2.24, 2.45) is 0 Å². The maximum absolute atomic E-state index is 12.7. The Labute approximate surface area is 145 Å². The highest BCUT2D eigenvalue weighted by molar-refractivity contribution is 5.94. The predicted molar refractivity (Wildman–Crippen MR) is 89.2 cm³/mol. The van der Waals surface area contributed by atoms with Gasteiger partial charge in [-0.25, -0.2) is 0 Å². The van der Waals surface area contributed by atoms with Gasteiger partial charge < -0.3 is 14.5 Å². The second kappa shape index (κ2) is 6.79. The monoisotopic (exact) mass is 347 g/mol. The van der Waals surface area contributed by atoms with Gasteiger partial charge in [0.1, 0.15) is 5.60 Å². The normalized spacial score (nSPS) is 23.6. The van der Waals surface area contributed by atoms with Gasteiger partial charge in [0.15, 0.2) is 0 Å². The second-order valence-corrected chi connectivity index (χ2v) is 6.61. The molecule has 134 valence electrons. The first-order valence-corrected chi connectivity index (χ1v) is 8.33. The number of nitro groups is 1. The van der Waals surface area contributed by atoms with Crippen molar-refractivity contribution in [3.63, 3.8) is 0 Å². The molecule has 1 atom stereocenters. The van der Waals surface area contributed by atoms with Crippen molar-refractivity contribution in [2.75, 3.05) is 32.8 Å². The molecule has 0 aliphatic carbocycles. The number of likely N-dealkylation sites (tertiary alicyclic amines) is 1. The molecule has 2 fully saturated rings. The maximum atomic E-state index is 12.7. The Morgan fingerprint density at radius 1 is 1.16 bits per heavy atom. The highest BCUT2D eigenvalue weighted by atomic mass is 16.6. The number of carbonyl (C=O) groups excluding carboxylic acids is 2. The highest BCUT2D eigenvalue weighted by Crippen LogP contribution is 2.30. The van der Waals surface area contributed by atoms with E-state index in [4.69, 9.17) is 4.74 Å². The Hall–Kier alpha value is -2.48. The first-order chi connectivity index (χ1) is 11.9. The van der Waals surface area contributed by atoms with Gasteiger partial charge in [-0.3, -0.25) is 19.7 Å². The molecule has 2 heterocycles. The molecule has 25 heavy (non-hydrogen) atoms. The molecule has 1 aromatic carbocycles. The Balaban J connectivity index is 1.73. The topological polar surface area (TPSA) is 93.0 Å². The summed E-state index contributed by atoms with van der Waals surface area (Å²) in [6.45, 7) is 4.07. The van der Waals surface area contributed by atoms with Crippen LogP contribution in [0.1, 0.15) is 30.1 Å². The summed E-state index contributed by atoms with van der Waals surface area (Å²) in [7, 11) is 0. The number of nitro benzene ring substituents is 1. The summed E-state index contributed by atoms with van der Waals surface area (Å²) in [5.74, 6) is -0.154. The summed E-state index contributed by atoms with van der Waals surface area (Å²) >= 11 is 0. The van der Waals surface area contributed by atoms with E-state index in [9.17, 15) is 19.7 Å². The van der Waals surface area contributed by atoms with Crippen LogP contribution in [0.25, 0.3) is 0 Å². The molecular weight excluding hydrogens is 326 g/mol. The smallest absolute Gasteiger partial charge is 0.269 e. The van der Waals surface area contributed by atoms with Crippen LogP contribution in [0, 0.1) is 10.1 Å². The van der Waals surface area contributed by atoms with Crippen LogP contribution < -0.4 is 0 Å². The third-order valence-electron chi connectivity index (χ3n) is 4.85. The van der Waals surface area contributed by atoms with E-state index in [1.54, 1.807) is 16.7 Å². The highest BCUT2D eigenvalue weighted by Gasteiger charge is 2.42. The number of benzene rings is 1. The zero-order chi connectivity index (χ0) is 18.0. The van der Waals surface area contributed by atoms with E-state index in [1.165, 1.54) is 24.3 Å². The Bertz CT molecular complexity index is 686. The summed E-state index contributed by atoms with van der Waals surface area (Å²) in [5.41, 5.74) is -0.139. The van der Waals surface area contributed by atoms with E-state index >= 15 is 0 Å². The van der Waals surface area contributed by atoms with Gasteiger partial charge in [-0.15, -0.1) is 0 Å². The summed E-state index contributed by atoms with van der Waals surface area (Å²) in [5, 5.41) is 10.7. The second-order valence-electron chi connectivity index (χ2n) is 6.61. The lowest BCUT2D eigenvalue weighted by atomic mass is 9.90. The molecule has 1 aromatic rings. The van der Waals surface area contributed by atoms with Gasteiger partial charge in [0.2, 0.25) is 5.91 Å². The Kier molecular flexibility index (Phi) is 4.71. The molecule has 2 saturated heterocycles. The number of rotatable bonds is 2. The lowest BCUT2D eigenvalue weighted by Crippen LogP contribution is -2.61. The van der Waals surface area contributed by atoms with Crippen LogP contribution in [0.5, 0.6) is 0 Å². The minimum atomic E-state index is -0.515. The molecule has 0 bridgehead atoms. The third-order valence-corrected chi connectivity index (χ3v) is 4.85. The first kappa shape index (κ1) is 17.3. The van der Waals surface area contributed by atoms with Crippen LogP contribution in [-0.4, -0.2) is 64.9 Å². The van der Waals surface area contributed by atoms with Crippen molar-refractivity contribution in [1.29, 1.82) is 0 Å². The van der Waals surface area contributed by atoms with Gasteiger partial charge in [0.25, 0.3) is 11.6 Å². The van der Waals surface area contributed by atoms with Crippen molar-refractivity contribution in [3.05, 3.63) is 39.9 Å². The number of hydrogen-bond acceptors (Lipinski definition) is 5. The molecule has 0 saturated carbocycles. The van der Waals surface area contributed by atoms with Gasteiger partial charge in [-0.2, -0.15) is 0 Å². The van der Waals surface area contributed by atoms with Crippen LogP contribution in [0.4, 0.5) is 5.69 Å². The molecule has 3 rings (SSSR count). The average molecular weight is 347 g/mol. The molecule has 0 N–H and O–H groups in total. The first-order valence-electron chi connectivity index (χ1n) is 8.33. The van der Waals surface area contributed by atoms with E-state index in [0.29, 0.717) is 31.8 Å². The van der Waals surface area contributed by atoms with Gasteiger partial charge in [-0.05, 0) is 25.0 Å². The van der Waals surface area contributed by atoms with Crippen LogP contribution >= 0.6 is 0 Å². The zero-order valence-corrected chi connectivity index (χ0v) is 14.1. The van der Waals surface area contributed by atoms with Crippen LogP contribution in [0.15, 0.2) is 24.3 Å². The number of nitrogens with zero attached hydrogens (tertiary/aromatic N) is 3. The van der Waals surface area contributed by atoms with Crippen molar-refractivity contribution >= 4 is 17.5 Å². The quantitative estimate of drug-likeness (QED) is 0.596. The van der Waals surface area contributed by atoms with E-state index < -0.39 is 10.5 Å². The van der Waals surface area contributed by atoms with Crippen molar-refractivity contribution in [1.82, 2.24) is 9.80 Å². The number of piperidine rings is 1.